The molecule has 2 aromatic carbocycles. The first-order chi connectivity index (χ1) is 9.63. The van der Waals surface area contributed by atoms with Crippen molar-refractivity contribution in [1.29, 1.82) is 0 Å². The smallest absolute Gasteiger partial charge is 0.125 e. The first-order valence-corrected chi connectivity index (χ1v) is 7.71. The molecule has 0 saturated carbocycles. The van der Waals surface area contributed by atoms with Crippen molar-refractivity contribution in [1.82, 2.24) is 0 Å². The summed E-state index contributed by atoms with van der Waals surface area (Å²) in [5.74, 6) is 1.47. The molecule has 0 aliphatic heterocycles. The first-order valence-electron chi connectivity index (χ1n) is 6.34. The molecule has 0 heterocycles. The van der Waals surface area contributed by atoms with Gasteiger partial charge in [-0.2, -0.15) is 0 Å². The fourth-order valence-corrected chi connectivity index (χ4v) is 3.46. The van der Waals surface area contributed by atoms with Crippen molar-refractivity contribution in [2.75, 3.05) is 7.11 Å². The molecule has 2 aromatic rings. The van der Waals surface area contributed by atoms with Crippen molar-refractivity contribution in [2.45, 2.75) is 23.7 Å². The van der Waals surface area contributed by atoms with Crippen LogP contribution in [0.25, 0.3) is 0 Å². The monoisotopic (exact) mass is 308 g/mol. The Hall–Kier alpha value is -1.16. The standard InChI is InChI=1S/C16H17ClO2S/c1-11(18)16-14(19-2)8-5-9-15(16)20-10-12-6-3-4-7-13(12)17/h3-9,11,18H,10H2,1-2H3/t11-/m1/s1. The van der Waals surface area contributed by atoms with Crippen LogP contribution in [0, 0.1) is 0 Å². The Morgan fingerprint density at radius 3 is 2.60 bits per heavy atom. The van der Waals surface area contributed by atoms with E-state index in [1.54, 1.807) is 25.8 Å². The van der Waals surface area contributed by atoms with Crippen LogP contribution in [0.3, 0.4) is 0 Å². The molecule has 0 bridgehead atoms. The second-order valence-corrected chi connectivity index (χ2v) is 5.85. The van der Waals surface area contributed by atoms with Gasteiger partial charge in [0, 0.05) is 21.2 Å². The van der Waals surface area contributed by atoms with Gasteiger partial charge in [0.25, 0.3) is 0 Å². The van der Waals surface area contributed by atoms with Gasteiger partial charge in [0.05, 0.1) is 13.2 Å². The molecule has 0 aliphatic carbocycles. The van der Waals surface area contributed by atoms with E-state index >= 15 is 0 Å². The molecule has 1 N–H and O–H groups in total. The Labute approximate surface area is 128 Å². The fraction of sp³-hybridized carbons (Fsp3) is 0.250. The number of halogens is 1. The van der Waals surface area contributed by atoms with Crippen molar-refractivity contribution in [3.05, 3.63) is 58.6 Å². The third-order valence-corrected chi connectivity index (χ3v) is 4.50. The molecule has 106 valence electrons. The van der Waals surface area contributed by atoms with Crippen LogP contribution >= 0.6 is 23.4 Å². The maximum atomic E-state index is 9.95. The van der Waals surface area contributed by atoms with E-state index in [0.717, 1.165) is 26.8 Å². The van der Waals surface area contributed by atoms with Gasteiger partial charge in [0.1, 0.15) is 5.75 Å². The topological polar surface area (TPSA) is 29.5 Å². The number of rotatable bonds is 5. The molecular weight excluding hydrogens is 292 g/mol. The van der Waals surface area contributed by atoms with Gasteiger partial charge in [-0.15, -0.1) is 11.8 Å². The summed E-state index contributed by atoms with van der Waals surface area (Å²) in [5, 5.41) is 10.7. The van der Waals surface area contributed by atoms with Crippen LogP contribution < -0.4 is 4.74 Å². The van der Waals surface area contributed by atoms with E-state index in [2.05, 4.69) is 0 Å². The summed E-state index contributed by atoms with van der Waals surface area (Å²) < 4.78 is 5.32. The van der Waals surface area contributed by atoms with E-state index in [1.807, 2.05) is 42.5 Å². The van der Waals surface area contributed by atoms with Crippen LogP contribution in [0.2, 0.25) is 5.02 Å². The molecule has 0 saturated heterocycles. The molecular formula is C16H17ClO2S. The van der Waals surface area contributed by atoms with Crippen molar-refractivity contribution in [2.24, 2.45) is 0 Å². The highest BCUT2D eigenvalue weighted by Gasteiger charge is 2.14. The van der Waals surface area contributed by atoms with Gasteiger partial charge >= 0.3 is 0 Å². The maximum absolute atomic E-state index is 9.95. The number of benzene rings is 2. The van der Waals surface area contributed by atoms with Crippen LogP contribution in [-0.2, 0) is 5.75 Å². The molecule has 2 nitrogen and oxygen atoms in total. The minimum atomic E-state index is -0.570. The van der Waals surface area contributed by atoms with Gasteiger partial charge < -0.3 is 9.84 Å². The van der Waals surface area contributed by atoms with Crippen molar-refractivity contribution in [3.8, 4) is 5.75 Å². The van der Waals surface area contributed by atoms with Gasteiger partial charge in [0.2, 0.25) is 0 Å². The highest BCUT2D eigenvalue weighted by molar-refractivity contribution is 7.98. The third kappa shape index (κ3) is 3.48. The normalized spacial score (nSPS) is 12.2. The summed E-state index contributed by atoms with van der Waals surface area (Å²) in [5.41, 5.74) is 1.91. The molecule has 0 amide bonds. The molecule has 0 fully saturated rings. The maximum Gasteiger partial charge on any atom is 0.125 e. The molecule has 20 heavy (non-hydrogen) atoms. The number of thioether (sulfide) groups is 1. The zero-order valence-electron chi connectivity index (χ0n) is 11.5. The molecule has 0 radical (unpaired) electrons. The molecule has 0 unspecified atom stereocenters. The average Bonchev–Trinajstić information content (AvgIpc) is 2.45. The van der Waals surface area contributed by atoms with E-state index in [9.17, 15) is 5.11 Å². The Balaban J connectivity index is 2.24. The Morgan fingerprint density at radius 1 is 1.20 bits per heavy atom. The quantitative estimate of drug-likeness (QED) is 0.812. The number of aliphatic hydroxyl groups is 1. The van der Waals surface area contributed by atoms with Crippen LogP contribution in [0.15, 0.2) is 47.4 Å². The number of hydrogen-bond acceptors (Lipinski definition) is 3. The summed E-state index contributed by atoms with van der Waals surface area (Å²) >= 11 is 7.81. The summed E-state index contributed by atoms with van der Waals surface area (Å²) in [6.07, 6.45) is -0.570. The Kier molecular flexibility index (Phi) is 5.35. The molecule has 0 aliphatic rings. The highest BCUT2D eigenvalue weighted by atomic mass is 35.5. The lowest BCUT2D eigenvalue weighted by Crippen LogP contribution is -1.99. The van der Waals surface area contributed by atoms with Gasteiger partial charge in [-0.1, -0.05) is 35.9 Å². The van der Waals surface area contributed by atoms with Crippen LogP contribution in [0.1, 0.15) is 24.2 Å². The Morgan fingerprint density at radius 2 is 1.95 bits per heavy atom. The van der Waals surface area contributed by atoms with Gasteiger partial charge in [0.15, 0.2) is 0 Å². The SMILES string of the molecule is COc1cccc(SCc2ccccc2Cl)c1[C@@H](C)O. The third-order valence-electron chi connectivity index (χ3n) is 3.00. The van der Waals surface area contributed by atoms with Gasteiger partial charge in [-0.05, 0) is 30.7 Å². The minimum Gasteiger partial charge on any atom is -0.496 e. The van der Waals surface area contributed by atoms with E-state index in [0.29, 0.717) is 5.75 Å². The molecule has 0 aromatic heterocycles. The van der Waals surface area contributed by atoms with E-state index in [-0.39, 0.29) is 0 Å². The highest BCUT2D eigenvalue weighted by Crippen LogP contribution is 2.36. The second kappa shape index (κ2) is 7.02. The lowest BCUT2D eigenvalue weighted by Gasteiger charge is -2.16. The van der Waals surface area contributed by atoms with Gasteiger partial charge in [-0.3, -0.25) is 0 Å². The zero-order valence-corrected chi connectivity index (χ0v) is 13.0. The van der Waals surface area contributed by atoms with Crippen molar-refractivity contribution in [3.63, 3.8) is 0 Å². The predicted octanol–water partition coefficient (Wildman–Crippen LogP) is 4.69. The average molecular weight is 309 g/mol. The largest absolute Gasteiger partial charge is 0.496 e. The molecule has 2 rings (SSSR count). The minimum absolute atomic E-state index is 0.570. The lowest BCUT2D eigenvalue weighted by atomic mass is 10.1. The summed E-state index contributed by atoms with van der Waals surface area (Å²) in [6.45, 7) is 1.75. The van der Waals surface area contributed by atoms with Crippen molar-refractivity contribution < 1.29 is 9.84 Å². The molecule has 0 spiro atoms. The van der Waals surface area contributed by atoms with E-state index in [4.69, 9.17) is 16.3 Å². The van der Waals surface area contributed by atoms with E-state index < -0.39 is 6.10 Å². The number of aliphatic hydroxyl groups excluding tert-OH is 1. The summed E-state index contributed by atoms with van der Waals surface area (Å²) in [6, 6.07) is 13.6. The first kappa shape index (κ1) is 15.2. The Bertz CT molecular complexity index is 584. The lowest BCUT2D eigenvalue weighted by molar-refractivity contribution is 0.191. The number of methoxy groups -OCH3 is 1. The van der Waals surface area contributed by atoms with Crippen LogP contribution in [-0.4, -0.2) is 12.2 Å². The predicted molar refractivity (Wildman–Crippen MR) is 84.6 cm³/mol. The van der Waals surface area contributed by atoms with E-state index in [1.165, 1.54) is 0 Å². The zero-order chi connectivity index (χ0) is 14.5. The fourth-order valence-electron chi connectivity index (χ4n) is 2.01. The van der Waals surface area contributed by atoms with Gasteiger partial charge in [-0.25, -0.2) is 0 Å². The second-order valence-electron chi connectivity index (χ2n) is 4.43. The van der Waals surface area contributed by atoms with Crippen molar-refractivity contribution >= 4 is 23.4 Å². The number of ether oxygens (including phenoxy) is 1. The summed E-state index contributed by atoms with van der Waals surface area (Å²) in [7, 11) is 1.61. The molecule has 1 atom stereocenters. The van der Waals surface area contributed by atoms with Crippen LogP contribution in [0.5, 0.6) is 5.75 Å². The molecule has 4 heteroatoms. The number of hydrogen-bond donors (Lipinski definition) is 1. The van der Waals surface area contributed by atoms with Crippen LogP contribution in [0.4, 0.5) is 0 Å². The summed E-state index contributed by atoms with van der Waals surface area (Å²) in [4.78, 5) is 1.01.